The van der Waals surface area contributed by atoms with Gasteiger partial charge in [-0.2, -0.15) is 0 Å². The van der Waals surface area contributed by atoms with Gasteiger partial charge in [0, 0.05) is 17.6 Å². The van der Waals surface area contributed by atoms with Crippen LogP contribution in [0.2, 0.25) is 5.02 Å². The van der Waals surface area contributed by atoms with Crippen LogP contribution in [0.4, 0.5) is 0 Å². The van der Waals surface area contributed by atoms with Crippen molar-refractivity contribution in [1.29, 1.82) is 0 Å². The number of fused-ring (bicyclic) bond motifs is 1. The number of rotatable bonds is 8. The minimum Gasteiger partial charge on any atom is -0.485 e. The first-order chi connectivity index (χ1) is 14.0. The first kappa shape index (κ1) is 21.4. The highest BCUT2D eigenvalue weighted by molar-refractivity contribution is 6.30. The summed E-state index contributed by atoms with van der Waals surface area (Å²) in [6, 6.07) is 13.0. The zero-order valence-electron chi connectivity index (χ0n) is 16.6. The molecule has 156 valence electrons. The molecule has 7 heteroatoms. The minimum absolute atomic E-state index is 0.134. The molecule has 1 heterocycles. The Balaban J connectivity index is 1.52. The van der Waals surface area contributed by atoms with Gasteiger partial charge >= 0.3 is 5.97 Å². The van der Waals surface area contributed by atoms with E-state index in [2.05, 4.69) is 12.2 Å². The van der Waals surface area contributed by atoms with Crippen LogP contribution in [0.5, 0.6) is 11.5 Å². The van der Waals surface area contributed by atoms with E-state index in [4.69, 9.17) is 25.8 Å². The molecule has 3 rings (SSSR count). The van der Waals surface area contributed by atoms with Crippen molar-refractivity contribution in [1.82, 2.24) is 5.32 Å². The third-order valence-corrected chi connectivity index (χ3v) is 4.89. The molecule has 2 unspecified atom stereocenters. The summed E-state index contributed by atoms with van der Waals surface area (Å²) < 4.78 is 16.4. The van der Waals surface area contributed by atoms with E-state index in [0.717, 1.165) is 17.5 Å². The monoisotopic (exact) mass is 419 g/mol. The number of hydrogen-bond acceptors (Lipinski definition) is 6. The van der Waals surface area contributed by atoms with Gasteiger partial charge in [0.25, 0.3) is 0 Å². The van der Waals surface area contributed by atoms with Crippen LogP contribution in [-0.2, 0) is 16.0 Å². The topological polar surface area (TPSA) is 77.0 Å². The normalized spacial score (nSPS) is 17.4. The molecule has 3 atom stereocenters. The fourth-order valence-corrected chi connectivity index (χ4v) is 3.36. The number of ether oxygens (including phenoxy) is 3. The lowest BCUT2D eigenvalue weighted by molar-refractivity contribution is -0.153. The van der Waals surface area contributed by atoms with Crippen molar-refractivity contribution in [3.63, 3.8) is 0 Å². The number of nitrogens with one attached hydrogen (secondary N) is 1. The van der Waals surface area contributed by atoms with E-state index >= 15 is 0 Å². The number of halogens is 1. The summed E-state index contributed by atoms with van der Waals surface area (Å²) in [5, 5.41) is 14.3. The van der Waals surface area contributed by atoms with E-state index in [9.17, 15) is 9.90 Å². The molecule has 1 aliphatic rings. The Labute approximate surface area is 175 Å². The van der Waals surface area contributed by atoms with Crippen LogP contribution in [0.3, 0.4) is 0 Å². The van der Waals surface area contributed by atoms with Gasteiger partial charge in [-0.15, -0.1) is 0 Å². The largest absolute Gasteiger partial charge is 0.485 e. The third-order valence-electron chi connectivity index (χ3n) is 4.65. The molecule has 0 aliphatic carbocycles. The second-order valence-electron chi connectivity index (χ2n) is 7.03. The van der Waals surface area contributed by atoms with Gasteiger partial charge in [-0.05, 0) is 55.7 Å². The number of benzene rings is 2. The van der Waals surface area contributed by atoms with Gasteiger partial charge in [0.1, 0.15) is 6.61 Å². The van der Waals surface area contributed by atoms with Gasteiger partial charge < -0.3 is 24.6 Å². The van der Waals surface area contributed by atoms with Crippen LogP contribution in [0.25, 0.3) is 0 Å². The van der Waals surface area contributed by atoms with E-state index < -0.39 is 18.2 Å². The maximum absolute atomic E-state index is 11.8. The predicted octanol–water partition coefficient (Wildman–Crippen LogP) is 3.30. The SMILES string of the molecule is CCOC(=O)C1COc2cc(C[C@@H](C)NCC(O)c3cccc(Cl)c3)ccc2O1. The lowest BCUT2D eigenvalue weighted by Gasteiger charge is -2.25. The standard InChI is InChI=1S/C22H26ClNO5/c1-3-27-22(26)21-13-28-20-10-15(7-8-19(20)29-21)9-14(2)24-12-18(25)16-5-4-6-17(23)11-16/h4-8,10-11,14,18,21,24-25H,3,9,12-13H2,1-2H3/t14-,18?,21?/m1/s1. The molecule has 0 bridgehead atoms. The maximum atomic E-state index is 11.8. The zero-order valence-corrected chi connectivity index (χ0v) is 17.3. The fourth-order valence-electron chi connectivity index (χ4n) is 3.16. The van der Waals surface area contributed by atoms with Gasteiger partial charge in [-0.1, -0.05) is 29.8 Å². The van der Waals surface area contributed by atoms with E-state index in [-0.39, 0.29) is 12.6 Å². The van der Waals surface area contributed by atoms with Crippen LogP contribution < -0.4 is 14.8 Å². The van der Waals surface area contributed by atoms with Crippen molar-refractivity contribution in [2.45, 2.75) is 38.5 Å². The van der Waals surface area contributed by atoms with Crippen LogP contribution in [0, 0.1) is 0 Å². The first-order valence-electron chi connectivity index (χ1n) is 9.72. The maximum Gasteiger partial charge on any atom is 0.350 e. The highest BCUT2D eigenvalue weighted by atomic mass is 35.5. The van der Waals surface area contributed by atoms with Crippen molar-refractivity contribution in [3.05, 3.63) is 58.6 Å². The Morgan fingerprint density at radius 2 is 2.14 bits per heavy atom. The van der Waals surface area contributed by atoms with Crippen molar-refractivity contribution >= 4 is 17.6 Å². The Bertz CT molecular complexity index is 844. The molecule has 0 saturated heterocycles. The molecule has 0 spiro atoms. The quantitative estimate of drug-likeness (QED) is 0.639. The van der Waals surface area contributed by atoms with Crippen LogP contribution in [0.1, 0.15) is 31.1 Å². The second kappa shape index (κ2) is 9.96. The van der Waals surface area contributed by atoms with E-state index in [1.807, 2.05) is 30.3 Å². The summed E-state index contributed by atoms with van der Waals surface area (Å²) in [5.41, 5.74) is 1.85. The summed E-state index contributed by atoms with van der Waals surface area (Å²) in [7, 11) is 0. The zero-order chi connectivity index (χ0) is 20.8. The molecule has 0 aromatic heterocycles. The smallest absolute Gasteiger partial charge is 0.350 e. The van der Waals surface area contributed by atoms with E-state index in [1.165, 1.54) is 0 Å². The van der Waals surface area contributed by atoms with Gasteiger partial charge in [0.2, 0.25) is 6.10 Å². The van der Waals surface area contributed by atoms with Crippen LogP contribution in [0.15, 0.2) is 42.5 Å². The number of hydrogen-bond donors (Lipinski definition) is 2. The average molecular weight is 420 g/mol. The summed E-state index contributed by atoms with van der Waals surface area (Å²) in [6.07, 6.45) is -0.613. The molecule has 6 nitrogen and oxygen atoms in total. The third kappa shape index (κ3) is 5.85. The average Bonchev–Trinajstić information content (AvgIpc) is 2.71. The molecule has 0 amide bonds. The lowest BCUT2D eigenvalue weighted by Crippen LogP contribution is -2.38. The van der Waals surface area contributed by atoms with Crippen LogP contribution in [-0.4, -0.2) is 43.0 Å². The molecule has 29 heavy (non-hydrogen) atoms. The Morgan fingerprint density at radius 1 is 1.31 bits per heavy atom. The van der Waals surface area contributed by atoms with Crippen LogP contribution >= 0.6 is 11.6 Å². The molecule has 2 aromatic carbocycles. The molecule has 0 fully saturated rings. The molecule has 1 aliphatic heterocycles. The predicted molar refractivity (Wildman–Crippen MR) is 111 cm³/mol. The van der Waals surface area contributed by atoms with Gasteiger partial charge in [0.15, 0.2) is 11.5 Å². The number of aliphatic hydroxyl groups excluding tert-OH is 1. The van der Waals surface area contributed by atoms with E-state index in [1.54, 1.807) is 19.1 Å². The molecular weight excluding hydrogens is 394 g/mol. The number of carbonyl (C=O) groups is 1. The fraction of sp³-hybridized carbons (Fsp3) is 0.409. The van der Waals surface area contributed by atoms with Crippen molar-refractivity contribution in [2.75, 3.05) is 19.8 Å². The summed E-state index contributed by atoms with van der Waals surface area (Å²) in [6.45, 7) is 4.67. The summed E-state index contributed by atoms with van der Waals surface area (Å²) >= 11 is 5.98. The summed E-state index contributed by atoms with van der Waals surface area (Å²) in [4.78, 5) is 11.8. The summed E-state index contributed by atoms with van der Waals surface area (Å²) in [5.74, 6) is 0.738. The lowest BCUT2D eigenvalue weighted by atomic mass is 10.0. The van der Waals surface area contributed by atoms with Gasteiger partial charge in [-0.3, -0.25) is 0 Å². The highest BCUT2D eigenvalue weighted by Crippen LogP contribution is 2.33. The van der Waals surface area contributed by atoms with Gasteiger partial charge in [-0.25, -0.2) is 4.79 Å². The molecule has 0 radical (unpaired) electrons. The Hall–Kier alpha value is -2.28. The molecule has 2 N–H and O–H groups in total. The number of esters is 1. The number of carbonyl (C=O) groups excluding carboxylic acids is 1. The van der Waals surface area contributed by atoms with Crippen molar-refractivity contribution < 1.29 is 24.1 Å². The number of aliphatic hydroxyl groups is 1. The van der Waals surface area contributed by atoms with E-state index in [0.29, 0.717) is 29.7 Å². The molecule has 0 saturated carbocycles. The van der Waals surface area contributed by atoms with Gasteiger partial charge in [0.05, 0.1) is 12.7 Å². The Kier molecular flexibility index (Phi) is 7.36. The molecular formula is C22H26ClNO5. The van der Waals surface area contributed by atoms with Crippen molar-refractivity contribution in [2.24, 2.45) is 0 Å². The highest BCUT2D eigenvalue weighted by Gasteiger charge is 2.28. The minimum atomic E-state index is -0.734. The molecule has 2 aromatic rings. The first-order valence-corrected chi connectivity index (χ1v) is 10.1. The van der Waals surface area contributed by atoms with Crippen molar-refractivity contribution in [3.8, 4) is 11.5 Å². The second-order valence-corrected chi connectivity index (χ2v) is 7.47. The Morgan fingerprint density at radius 3 is 2.90 bits per heavy atom.